The lowest BCUT2D eigenvalue weighted by molar-refractivity contribution is -0.167. The van der Waals surface area contributed by atoms with Crippen molar-refractivity contribution < 1.29 is 28.6 Å². The Morgan fingerprint density at radius 3 is 0.766 bits per heavy atom. The topological polar surface area (TPSA) is 78.9 Å². The lowest BCUT2D eigenvalue weighted by Crippen LogP contribution is -2.30. The summed E-state index contributed by atoms with van der Waals surface area (Å²) in [7, 11) is 0. The van der Waals surface area contributed by atoms with Crippen molar-refractivity contribution in [1.82, 2.24) is 0 Å². The minimum atomic E-state index is -0.780. The molecule has 0 fully saturated rings. The van der Waals surface area contributed by atoms with E-state index in [1.807, 2.05) is 0 Å². The highest BCUT2D eigenvalue weighted by atomic mass is 16.6. The van der Waals surface area contributed by atoms with Gasteiger partial charge in [0.15, 0.2) is 6.10 Å². The Morgan fingerprint density at radius 1 is 0.260 bits per heavy atom. The van der Waals surface area contributed by atoms with Gasteiger partial charge in [-0.1, -0.05) is 313 Å². The summed E-state index contributed by atoms with van der Waals surface area (Å²) in [5, 5.41) is 0. The smallest absolute Gasteiger partial charge is 0.306 e. The molecule has 6 nitrogen and oxygen atoms in total. The van der Waals surface area contributed by atoms with Crippen LogP contribution >= 0.6 is 0 Å². The SMILES string of the molecule is CCCCC/C=C\C/C=C\C/C=C\CCCCCCCCC(=O)OC(COC(=O)CCCCCCCCCCCCC/C=C\CCCCCCCCCC)COC(=O)CCCCCCCCCCCCCCCCCCC. The van der Waals surface area contributed by atoms with Gasteiger partial charge in [0, 0.05) is 19.3 Å². The van der Waals surface area contributed by atoms with Crippen LogP contribution in [0.1, 0.15) is 367 Å². The van der Waals surface area contributed by atoms with E-state index in [0.717, 1.165) is 77.0 Å². The number of allylic oxidation sites excluding steroid dienone is 8. The van der Waals surface area contributed by atoms with Gasteiger partial charge in [-0.25, -0.2) is 0 Å². The fourth-order valence-electron chi connectivity index (χ4n) is 10.2. The molecule has 0 rings (SSSR count). The molecule has 0 aromatic rings. The molecule has 77 heavy (non-hydrogen) atoms. The summed E-state index contributed by atoms with van der Waals surface area (Å²) in [6.45, 7) is 6.67. The van der Waals surface area contributed by atoms with E-state index in [1.54, 1.807) is 0 Å². The van der Waals surface area contributed by atoms with Gasteiger partial charge < -0.3 is 14.2 Å². The molecule has 0 saturated carbocycles. The van der Waals surface area contributed by atoms with E-state index in [9.17, 15) is 14.4 Å². The predicted molar refractivity (Wildman–Crippen MR) is 335 cm³/mol. The maximum atomic E-state index is 12.9. The second-order valence-electron chi connectivity index (χ2n) is 23.1. The Labute approximate surface area is 479 Å². The average molecular weight is 1080 g/mol. The Balaban J connectivity index is 4.33. The number of rotatable bonds is 63. The minimum absolute atomic E-state index is 0.0745. The van der Waals surface area contributed by atoms with Gasteiger partial charge in [-0.05, 0) is 83.5 Å². The molecule has 6 heteroatoms. The quantitative estimate of drug-likeness (QED) is 0.0261. The van der Waals surface area contributed by atoms with Crippen LogP contribution in [0.3, 0.4) is 0 Å². The maximum Gasteiger partial charge on any atom is 0.306 e. The standard InChI is InChI=1S/C71H130O6/c1-4-7-10-13-16-19-22-25-28-31-33-34-35-36-38-40-43-46-49-52-55-58-61-64-70(73)76-67-68(66-75-69(72)63-60-57-54-51-48-45-42-39-30-27-24-21-18-15-12-9-6-3)77-71(74)65-62-59-56-53-50-47-44-41-37-32-29-26-23-20-17-14-11-8-5-2/h17,20,26,29,31,33,37,41,68H,4-16,18-19,21-25,27-28,30,32,34-36,38-40,42-67H2,1-3H3/b20-17-,29-26-,33-31-,41-37-. The van der Waals surface area contributed by atoms with E-state index < -0.39 is 6.10 Å². The molecule has 0 aliphatic heterocycles. The summed E-state index contributed by atoms with van der Waals surface area (Å²) in [6.07, 6.45) is 82.6. The average Bonchev–Trinajstić information content (AvgIpc) is 3.43. The third kappa shape index (κ3) is 64.1. The fraction of sp³-hybridized carbons (Fsp3) is 0.845. The number of carbonyl (C=O) groups is 3. The minimum Gasteiger partial charge on any atom is -0.462 e. The van der Waals surface area contributed by atoms with Crippen LogP contribution in [0.2, 0.25) is 0 Å². The van der Waals surface area contributed by atoms with Crippen LogP contribution < -0.4 is 0 Å². The number of carbonyl (C=O) groups excluding carboxylic acids is 3. The molecule has 0 spiro atoms. The van der Waals surface area contributed by atoms with Crippen LogP contribution in [0.15, 0.2) is 48.6 Å². The van der Waals surface area contributed by atoms with Crippen LogP contribution in [0.4, 0.5) is 0 Å². The molecule has 0 saturated heterocycles. The summed E-state index contributed by atoms with van der Waals surface area (Å²) in [5.74, 6) is -0.863. The van der Waals surface area contributed by atoms with Crippen molar-refractivity contribution >= 4 is 17.9 Å². The van der Waals surface area contributed by atoms with E-state index in [0.29, 0.717) is 19.3 Å². The van der Waals surface area contributed by atoms with Gasteiger partial charge in [0.25, 0.3) is 0 Å². The molecular formula is C71H130O6. The predicted octanol–water partition coefficient (Wildman–Crippen LogP) is 23.3. The highest BCUT2D eigenvalue weighted by molar-refractivity contribution is 5.71. The fourth-order valence-corrected chi connectivity index (χ4v) is 10.2. The van der Waals surface area contributed by atoms with E-state index in [4.69, 9.17) is 14.2 Å². The molecule has 0 N–H and O–H groups in total. The molecule has 0 heterocycles. The molecule has 0 aliphatic carbocycles. The van der Waals surface area contributed by atoms with Gasteiger partial charge in [0.2, 0.25) is 0 Å². The van der Waals surface area contributed by atoms with E-state index in [-0.39, 0.29) is 31.1 Å². The van der Waals surface area contributed by atoms with Gasteiger partial charge in [0.1, 0.15) is 13.2 Å². The van der Waals surface area contributed by atoms with Crippen molar-refractivity contribution in [3.05, 3.63) is 48.6 Å². The highest BCUT2D eigenvalue weighted by Crippen LogP contribution is 2.18. The molecule has 0 radical (unpaired) electrons. The van der Waals surface area contributed by atoms with Crippen molar-refractivity contribution in [1.29, 1.82) is 0 Å². The first-order valence-electron chi connectivity index (χ1n) is 34.1. The molecule has 1 atom stereocenters. The van der Waals surface area contributed by atoms with Crippen LogP contribution in [-0.4, -0.2) is 37.2 Å². The van der Waals surface area contributed by atoms with Gasteiger partial charge >= 0.3 is 17.9 Å². The van der Waals surface area contributed by atoms with E-state index in [1.165, 1.54) is 250 Å². The summed E-state index contributed by atoms with van der Waals surface area (Å²) in [4.78, 5) is 38.4. The maximum absolute atomic E-state index is 12.9. The number of ether oxygens (including phenoxy) is 3. The van der Waals surface area contributed by atoms with Gasteiger partial charge in [-0.2, -0.15) is 0 Å². The summed E-state index contributed by atoms with van der Waals surface area (Å²) in [5.41, 5.74) is 0. The second-order valence-corrected chi connectivity index (χ2v) is 23.1. The first-order chi connectivity index (χ1) is 38.0. The Bertz CT molecular complexity index is 1330. The van der Waals surface area contributed by atoms with Gasteiger partial charge in [0.05, 0.1) is 0 Å². The first kappa shape index (κ1) is 74.4. The zero-order valence-corrected chi connectivity index (χ0v) is 51.7. The van der Waals surface area contributed by atoms with Crippen LogP contribution in [0, 0.1) is 0 Å². The van der Waals surface area contributed by atoms with Crippen LogP contribution in [-0.2, 0) is 28.6 Å². The van der Waals surface area contributed by atoms with Crippen LogP contribution in [0.25, 0.3) is 0 Å². The van der Waals surface area contributed by atoms with E-state index >= 15 is 0 Å². The van der Waals surface area contributed by atoms with Crippen molar-refractivity contribution in [2.75, 3.05) is 13.2 Å². The number of esters is 3. The molecule has 0 aromatic heterocycles. The summed E-state index contributed by atoms with van der Waals surface area (Å²) in [6, 6.07) is 0. The molecular weight excluding hydrogens is 949 g/mol. The lowest BCUT2D eigenvalue weighted by atomic mass is 10.0. The van der Waals surface area contributed by atoms with Crippen molar-refractivity contribution in [2.24, 2.45) is 0 Å². The normalized spacial score (nSPS) is 12.3. The molecule has 0 bridgehead atoms. The molecule has 0 aliphatic rings. The van der Waals surface area contributed by atoms with Crippen molar-refractivity contribution in [3.63, 3.8) is 0 Å². The Morgan fingerprint density at radius 2 is 0.468 bits per heavy atom. The number of hydrogen-bond donors (Lipinski definition) is 0. The molecule has 1 unspecified atom stereocenters. The van der Waals surface area contributed by atoms with Gasteiger partial charge in [-0.15, -0.1) is 0 Å². The summed E-state index contributed by atoms with van der Waals surface area (Å²) >= 11 is 0. The number of hydrogen-bond acceptors (Lipinski definition) is 6. The molecule has 0 aromatic carbocycles. The molecule has 450 valence electrons. The third-order valence-corrected chi connectivity index (χ3v) is 15.3. The van der Waals surface area contributed by atoms with E-state index in [2.05, 4.69) is 69.4 Å². The largest absolute Gasteiger partial charge is 0.462 e. The van der Waals surface area contributed by atoms with Crippen molar-refractivity contribution in [2.45, 2.75) is 374 Å². The monoisotopic (exact) mass is 1080 g/mol. The summed E-state index contributed by atoms with van der Waals surface area (Å²) < 4.78 is 17.0. The Kier molecular flexibility index (Phi) is 63.6. The highest BCUT2D eigenvalue weighted by Gasteiger charge is 2.19. The third-order valence-electron chi connectivity index (χ3n) is 15.3. The van der Waals surface area contributed by atoms with Crippen LogP contribution in [0.5, 0.6) is 0 Å². The van der Waals surface area contributed by atoms with Gasteiger partial charge in [-0.3, -0.25) is 14.4 Å². The number of unbranched alkanes of at least 4 members (excludes halogenated alkanes) is 44. The lowest BCUT2D eigenvalue weighted by Gasteiger charge is -2.18. The first-order valence-corrected chi connectivity index (χ1v) is 34.1. The Hall–Kier alpha value is -2.63. The zero-order valence-electron chi connectivity index (χ0n) is 51.7. The van der Waals surface area contributed by atoms with Crippen molar-refractivity contribution in [3.8, 4) is 0 Å². The zero-order chi connectivity index (χ0) is 55.7. The molecule has 0 amide bonds. The second kappa shape index (κ2) is 65.9.